The Bertz CT molecular complexity index is 885. The molecule has 1 atom stereocenters. The molecule has 1 aliphatic heterocycles. The average Bonchev–Trinajstić information content (AvgIpc) is 2.64. The van der Waals surface area contributed by atoms with Gasteiger partial charge in [0.15, 0.2) is 5.78 Å². The van der Waals surface area contributed by atoms with E-state index in [9.17, 15) is 23.1 Å². The summed E-state index contributed by atoms with van der Waals surface area (Å²) >= 11 is 5.87. The predicted octanol–water partition coefficient (Wildman–Crippen LogP) is 3.59. The monoisotopic (exact) mass is 458 g/mol. The van der Waals surface area contributed by atoms with Crippen molar-refractivity contribution in [3.8, 4) is 0 Å². The Morgan fingerprint density at radius 1 is 1.13 bits per heavy atom. The Balaban J connectivity index is 2.16. The zero-order valence-corrected chi connectivity index (χ0v) is 19.7. The van der Waals surface area contributed by atoms with Crippen molar-refractivity contribution in [3.05, 3.63) is 34.9 Å². The first kappa shape index (κ1) is 24.8. The lowest BCUT2D eigenvalue weighted by Gasteiger charge is -2.45. The van der Waals surface area contributed by atoms with Crippen molar-refractivity contribution in [3.63, 3.8) is 0 Å². The molecule has 7 nitrogen and oxygen atoms in total. The number of carbonyl (C=O) groups is 2. The summed E-state index contributed by atoms with van der Waals surface area (Å²) in [7, 11) is -4.06. The van der Waals surface area contributed by atoms with Crippen LogP contribution in [-0.2, 0) is 15.0 Å². The van der Waals surface area contributed by atoms with Crippen LogP contribution < -0.4 is 4.72 Å². The van der Waals surface area contributed by atoms with Crippen LogP contribution in [0.1, 0.15) is 57.8 Å². The van der Waals surface area contributed by atoms with E-state index in [-0.39, 0.29) is 24.8 Å². The first-order valence-electron chi connectivity index (χ1n) is 10.0. The van der Waals surface area contributed by atoms with Gasteiger partial charge in [-0.05, 0) is 48.4 Å². The molecular weight excluding hydrogens is 428 g/mol. The molecule has 0 spiro atoms. The Morgan fingerprint density at radius 2 is 1.63 bits per heavy atom. The number of halogens is 1. The molecular formula is C21H31ClN2O5S. The van der Waals surface area contributed by atoms with Gasteiger partial charge in [-0.25, -0.2) is 0 Å². The fourth-order valence-corrected chi connectivity index (χ4v) is 6.21. The van der Waals surface area contributed by atoms with Crippen LogP contribution in [0.15, 0.2) is 24.3 Å². The number of benzene rings is 1. The molecule has 1 aromatic carbocycles. The fraction of sp³-hybridized carbons (Fsp3) is 0.619. The van der Waals surface area contributed by atoms with Gasteiger partial charge in [0.2, 0.25) is 0 Å². The first-order valence-corrected chi connectivity index (χ1v) is 11.9. The number of carbonyl (C=O) groups excluding carboxylic acids is 1. The lowest BCUT2D eigenvalue weighted by Crippen LogP contribution is -2.67. The summed E-state index contributed by atoms with van der Waals surface area (Å²) < 4.78 is 29.9. The number of hydrogen-bond acceptors (Lipinski definition) is 4. The van der Waals surface area contributed by atoms with E-state index in [0.29, 0.717) is 23.4 Å². The molecule has 0 bridgehead atoms. The highest BCUT2D eigenvalue weighted by Crippen LogP contribution is 2.38. The lowest BCUT2D eigenvalue weighted by atomic mass is 9.68. The molecule has 0 unspecified atom stereocenters. The van der Waals surface area contributed by atoms with E-state index in [1.165, 1.54) is 4.31 Å². The third-order valence-corrected chi connectivity index (χ3v) is 7.85. The molecule has 0 aromatic heterocycles. The second-order valence-electron chi connectivity index (χ2n) is 9.17. The Kier molecular flexibility index (Phi) is 7.39. The minimum atomic E-state index is -4.06. The van der Waals surface area contributed by atoms with E-state index in [2.05, 4.69) is 4.72 Å². The maximum absolute atomic E-state index is 13.1. The number of aliphatic carboxylic acids is 1. The zero-order valence-electron chi connectivity index (χ0n) is 18.1. The molecule has 1 aromatic rings. The third kappa shape index (κ3) is 4.88. The summed E-state index contributed by atoms with van der Waals surface area (Å²) in [6.07, 6.45) is 0.749. The largest absolute Gasteiger partial charge is 0.480 e. The first-order chi connectivity index (χ1) is 13.7. The third-order valence-electron chi connectivity index (χ3n) is 5.97. The molecule has 2 rings (SSSR count). The molecule has 0 aliphatic carbocycles. The maximum atomic E-state index is 13.1. The minimum Gasteiger partial charge on any atom is -0.480 e. The number of piperidine rings is 1. The predicted molar refractivity (Wildman–Crippen MR) is 117 cm³/mol. The van der Waals surface area contributed by atoms with Gasteiger partial charge in [0.05, 0.1) is 0 Å². The fourth-order valence-electron chi connectivity index (χ4n) is 4.22. The highest BCUT2D eigenvalue weighted by atomic mass is 35.5. The van der Waals surface area contributed by atoms with Crippen LogP contribution in [0.25, 0.3) is 0 Å². The van der Waals surface area contributed by atoms with Crippen LogP contribution in [-0.4, -0.2) is 48.2 Å². The topological polar surface area (TPSA) is 104 Å². The van der Waals surface area contributed by atoms with Crippen LogP contribution in [0.5, 0.6) is 0 Å². The molecule has 0 saturated carbocycles. The van der Waals surface area contributed by atoms with Crippen molar-refractivity contribution in [1.82, 2.24) is 9.03 Å². The standard InChI is InChI=1S/C21H31ClN2O5S/c1-14(2)21(19(26)27,20(3,4)5)23-30(28,29)24-12-10-16(11-13-24)18(25)15-6-8-17(22)9-7-15/h6-9,14,16,23H,10-13H2,1-5H3,(H,26,27)/t21-/m1/s1. The van der Waals surface area contributed by atoms with Gasteiger partial charge in [-0.1, -0.05) is 46.2 Å². The second-order valence-corrected chi connectivity index (χ2v) is 11.3. The molecule has 1 heterocycles. The number of Topliss-reactive ketones (excluding diaryl/α,β-unsaturated/α-hetero) is 1. The van der Waals surface area contributed by atoms with Gasteiger partial charge < -0.3 is 5.11 Å². The molecule has 2 N–H and O–H groups in total. The number of hydrogen-bond donors (Lipinski definition) is 2. The van der Waals surface area contributed by atoms with E-state index in [1.807, 2.05) is 0 Å². The van der Waals surface area contributed by atoms with Gasteiger partial charge in [0.25, 0.3) is 10.2 Å². The Morgan fingerprint density at radius 3 is 2.03 bits per heavy atom. The van der Waals surface area contributed by atoms with Crippen LogP contribution in [0, 0.1) is 17.3 Å². The molecule has 9 heteroatoms. The van der Waals surface area contributed by atoms with Gasteiger partial charge in [-0.2, -0.15) is 17.4 Å². The van der Waals surface area contributed by atoms with Crippen LogP contribution in [0.2, 0.25) is 5.02 Å². The number of carboxylic acid groups (broad SMARTS) is 1. The van der Waals surface area contributed by atoms with Crippen molar-refractivity contribution in [1.29, 1.82) is 0 Å². The number of ketones is 1. The van der Waals surface area contributed by atoms with E-state index >= 15 is 0 Å². The normalized spacial score (nSPS) is 18.9. The van der Waals surface area contributed by atoms with Gasteiger partial charge in [-0.3, -0.25) is 9.59 Å². The van der Waals surface area contributed by atoms with E-state index < -0.39 is 33.1 Å². The van der Waals surface area contributed by atoms with Crippen molar-refractivity contribution >= 4 is 33.6 Å². The van der Waals surface area contributed by atoms with Gasteiger partial charge >= 0.3 is 5.97 Å². The molecule has 0 radical (unpaired) electrons. The van der Waals surface area contributed by atoms with E-state index in [0.717, 1.165) is 0 Å². The highest BCUT2D eigenvalue weighted by molar-refractivity contribution is 7.87. The van der Waals surface area contributed by atoms with Gasteiger partial charge in [0.1, 0.15) is 5.54 Å². The van der Waals surface area contributed by atoms with Crippen LogP contribution in [0.4, 0.5) is 0 Å². The van der Waals surface area contributed by atoms with E-state index in [4.69, 9.17) is 11.6 Å². The molecule has 30 heavy (non-hydrogen) atoms. The molecule has 1 fully saturated rings. The molecule has 1 saturated heterocycles. The van der Waals surface area contributed by atoms with Crippen LogP contribution >= 0.6 is 11.6 Å². The summed E-state index contributed by atoms with van der Waals surface area (Å²) in [6, 6.07) is 6.65. The summed E-state index contributed by atoms with van der Waals surface area (Å²) in [5, 5.41) is 10.5. The SMILES string of the molecule is CC(C)[C@@](NS(=O)(=O)N1CCC(C(=O)c2ccc(Cl)cc2)CC1)(C(=O)O)C(C)(C)C. The number of nitrogens with one attached hydrogen (secondary N) is 1. The summed E-state index contributed by atoms with van der Waals surface area (Å²) in [6.45, 7) is 8.81. The Labute approximate surface area is 184 Å². The van der Waals surface area contributed by atoms with E-state index in [1.54, 1.807) is 58.9 Å². The van der Waals surface area contributed by atoms with Gasteiger partial charge in [0, 0.05) is 29.6 Å². The minimum absolute atomic E-state index is 0.0339. The molecule has 168 valence electrons. The number of nitrogens with zero attached hydrogens (tertiary/aromatic N) is 1. The van der Waals surface area contributed by atoms with Crippen molar-refractivity contribution in [2.75, 3.05) is 13.1 Å². The van der Waals surface area contributed by atoms with Crippen molar-refractivity contribution in [2.45, 2.75) is 53.0 Å². The highest BCUT2D eigenvalue weighted by Gasteiger charge is 2.54. The maximum Gasteiger partial charge on any atom is 0.325 e. The van der Waals surface area contributed by atoms with Crippen molar-refractivity contribution in [2.24, 2.45) is 17.3 Å². The van der Waals surface area contributed by atoms with Gasteiger partial charge in [-0.15, -0.1) is 0 Å². The zero-order chi connectivity index (χ0) is 22.9. The lowest BCUT2D eigenvalue weighted by molar-refractivity contribution is -0.151. The molecule has 0 amide bonds. The van der Waals surface area contributed by atoms with Crippen molar-refractivity contribution < 1.29 is 23.1 Å². The number of rotatable bonds is 7. The second kappa shape index (κ2) is 8.94. The van der Waals surface area contributed by atoms with Crippen LogP contribution in [0.3, 0.4) is 0 Å². The smallest absolute Gasteiger partial charge is 0.325 e. The average molecular weight is 459 g/mol. The Hall–Kier alpha value is -1.48. The quantitative estimate of drug-likeness (QED) is 0.607. The number of carboxylic acids is 1. The summed E-state index contributed by atoms with van der Waals surface area (Å²) in [5.41, 5.74) is -1.97. The summed E-state index contributed by atoms with van der Waals surface area (Å²) in [5.74, 6) is -2.00. The summed E-state index contributed by atoms with van der Waals surface area (Å²) in [4.78, 5) is 24.9. The molecule has 1 aliphatic rings.